The fraction of sp³-hybridized carbons (Fsp3) is 0.625. The first kappa shape index (κ1) is 8.74. The molecule has 0 radical (unpaired) electrons. The van der Waals surface area contributed by atoms with Crippen molar-refractivity contribution >= 4 is 11.8 Å². The summed E-state index contributed by atoms with van der Waals surface area (Å²) in [6, 6.07) is 0. The summed E-state index contributed by atoms with van der Waals surface area (Å²) in [5.41, 5.74) is 0.295. The van der Waals surface area contributed by atoms with Crippen LogP contribution in [0.25, 0.3) is 0 Å². The van der Waals surface area contributed by atoms with Crippen LogP contribution in [0.2, 0.25) is 0 Å². The molecule has 0 bridgehead atoms. The number of hydrogen-bond donors (Lipinski definition) is 1. The Morgan fingerprint density at radius 1 is 1.54 bits per heavy atom. The Hall–Kier alpha value is -0.840. The zero-order chi connectivity index (χ0) is 9.26. The van der Waals surface area contributed by atoms with E-state index in [1.807, 2.05) is 0 Å². The van der Waals surface area contributed by atoms with E-state index >= 15 is 0 Å². The predicted molar refractivity (Wildman–Crippen MR) is 50.8 cm³/mol. The van der Waals surface area contributed by atoms with E-state index in [1.54, 1.807) is 18.7 Å². The maximum absolute atomic E-state index is 11.1. The van der Waals surface area contributed by atoms with Gasteiger partial charge in [-0.05, 0) is 25.7 Å². The van der Waals surface area contributed by atoms with E-state index in [-0.39, 0.29) is 5.56 Å². The third kappa shape index (κ3) is 2.30. The quantitative estimate of drug-likeness (QED) is 0.734. The average Bonchev–Trinajstić information content (AvgIpc) is 2.91. The molecule has 13 heavy (non-hydrogen) atoms. The zero-order valence-corrected chi connectivity index (χ0v) is 8.23. The lowest BCUT2D eigenvalue weighted by Crippen LogP contribution is -2.14. The number of aryl methyl sites for hydroxylation is 1. The number of aromatic nitrogens is 3. The Morgan fingerprint density at radius 2 is 2.31 bits per heavy atom. The second-order valence-corrected chi connectivity index (χ2v) is 4.31. The largest absolute Gasteiger partial charge is 0.298 e. The topological polar surface area (TPSA) is 58.6 Å². The monoisotopic (exact) mass is 197 g/mol. The van der Waals surface area contributed by atoms with Gasteiger partial charge in [0.05, 0.1) is 0 Å². The van der Waals surface area contributed by atoms with Gasteiger partial charge in [0.15, 0.2) is 5.16 Å². The number of H-pyrrole nitrogens is 1. The summed E-state index contributed by atoms with van der Waals surface area (Å²) >= 11 is 1.58. The first-order valence-corrected chi connectivity index (χ1v) is 5.30. The van der Waals surface area contributed by atoms with Crippen LogP contribution in [0.1, 0.15) is 18.5 Å². The van der Waals surface area contributed by atoms with Crippen LogP contribution in [-0.4, -0.2) is 20.9 Å². The van der Waals surface area contributed by atoms with E-state index in [0.717, 1.165) is 11.7 Å². The van der Waals surface area contributed by atoms with E-state index < -0.39 is 0 Å². The minimum Gasteiger partial charge on any atom is -0.298 e. The molecule has 1 aromatic rings. The van der Waals surface area contributed by atoms with Crippen molar-refractivity contribution in [2.24, 2.45) is 5.92 Å². The molecule has 1 fully saturated rings. The van der Waals surface area contributed by atoms with Crippen LogP contribution in [-0.2, 0) is 0 Å². The van der Waals surface area contributed by atoms with Crippen molar-refractivity contribution in [3.8, 4) is 0 Å². The van der Waals surface area contributed by atoms with Gasteiger partial charge in [0.25, 0.3) is 5.56 Å². The highest BCUT2D eigenvalue weighted by atomic mass is 32.2. The van der Waals surface area contributed by atoms with E-state index in [4.69, 9.17) is 0 Å². The highest BCUT2D eigenvalue weighted by molar-refractivity contribution is 7.99. The fourth-order valence-electron chi connectivity index (χ4n) is 0.925. The molecule has 70 valence electrons. The molecule has 1 aliphatic carbocycles. The SMILES string of the molecule is Cc1nnc(SCC2CC2)[nH]c1=O. The van der Waals surface area contributed by atoms with Crippen LogP contribution in [0.4, 0.5) is 0 Å². The standard InChI is InChI=1S/C8H11N3OS/c1-5-7(12)9-8(11-10-5)13-4-6-2-3-6/h6H,2-4H2,1H3,(H,9,11,12). The zero-order valence-electron chi connectivity index (χ0n) is 7.41. The third-order valence-electron chi connectivity index (χ3n) is 1.99. The molecule has 1 aliphatic rings. The predicted octanol–water partition coefficient (Wildman–Crippen LogP) is 0.975. The van der Waals surface area contributed by atoms with Gasteiger partial charge in [-0.2, -0.15) is 0 Å². The smallest absolute Gasteiger partial charge is 0.273 e. The van der Waals surface area contributed by atoms with Crippen molar-refractivity contribution in [3.63, 3.8) is 0 Å². The van der Waals surface area contributed by atoms with Crippen LogP contribution >= 0.6 is 11.8 Å². The molecule has 0 aliphatic heterocycles. The average molecular weight is 197 g/mol. The van der Waals surface area contributed by atoms with Crippen LogP contribution < -0.4 is 5.56 Å². The van der Waals surface area contributed by atoms with Crippen LogP contribution in [0.3, 0.4) is 0 Å². The number of aromatic amines is 1. The van der Waals surface area contributed by atoms with Crippen molar-refractivity contribution < 1.29 is 0 Å². The summed E-state index contributed by atoms with van der Waals surface area (Å²) in [5.74, 6) is 1.88. The minimum absolute atomic E-state index is 0.131. The summed E-state index contributed by atoms with van der Waals surface area (Å²) in [4.78, 5) is 13.8. The Kier molecular flexibility index (Phi) is 2.35. The normalized spacial score (nSPS) is 16.1. The van der Waals surface area contributed by atoms with Crippen molar-refractivity contribution in [1.82, 2.24) is 15.2 Å². The molecule has 0 atom stereocenters. The van der Waals surface area contributed by atoms with Gasteiger partial charge in [0, 0.05) is 5.75 Å². The highest BCUT2D eigenvalue weighted by Crippen LogP contribution is 2.33. The Balaban J connectivity index is 2.03. The molecule has 0 saturated heterocycles. The number of nitrogens with one attached hydrogen (secondary N) is 1. The summed E-state index contributed by atoms with van der Waals surface area (Å²) in [6.45, 7) is 1.65. The van der Waals surface area contributed by atoms with Gasteiger partial charge in [-0.1, -0.05) is 11.8 Å². The van der Waals surface area contributed by atoms with Gasteiger partial charge in [0.1, 0.15) is 5.69 Å². The van der Waals surface area contributed by atoms with E-state index in [0.29, 0.717) is 10.9 Å². The van der Waals surface area contributed by atoms with Crippen LogP contribution in [0.5, 0.6) is 0 Å². The van der Waals surface area contributed by atoms with Gasteiger partial charge < -0.3 is 0 Å². The molecular formula is C8H11N3OS. The molecule has 0 amide bonds. The molecule has 1 N–H and O–H groups in total. The molecule has 1 aromatic heterocycles. The number of rotatable bonds is 3. The number of nitrogens with zero attached hydrogens (tertiary/aromatic N) is 2. The Morgan fingerprint density at radius 3 is 2.92 bits per heavy atom. The van der Waals surface area contributed by atoms with Gasteiger partial charge in [-0.3, -0.25) is 9.78 Å². The van der Waals surface area contributed by atoms with Gasteiger partial charge in [0.2, 0.25) is 0 Å². The molecule has 5 heteroatoms. The summed E-state index contributed by atoms with van der Waals surface area (Å²) in [7, 11) is 0. The van der Waals surface area contributed by atoms with Crippen LogP contribution in [0.15, 0.2) is 9.95 Å². The number of hydrogen-bond acceptors (Lipinski definition) is 4. The molecule has 4 nitrogen and oxygen atoms in total. The molecule has 2 rings (SSSR count). The summed E-state index contributed by atoms with van der Waals surface area (Å²) in [5, 5.41) is 8.30. The maximum Gasteiger partial charge on any atom is 0.273 e. The fourth-order valence-corrected chi connectivity index (χ4v) is 1.91. The second kappa shape index (κ2) is 3.49. The molecule has 0 spiro atoms. The van der Waals surface area contributed by atoms with Gasteiger partial charge >= 0.3 is 0 Å². The van der Waals surface area contributed by atoms with Crippen molar-refractivity contribution in [1.29, 1.82) is 0 Å². The minimum atomic E-state index is -0.131. The van der Waals surface area contributed by atoms with E-state index in [1.165, 1.54) is 12.8 Å². The maximum atomic E-state index is 11.1. The van der Waals surface area contributed by atoms with Crippen molar-refractivity contribution in [2.45, 2.75) is 24.9 Å². The molecule has 0 unspecified atom stereocenters. The lowest BCUT2D eigenvalue weighted by molar-refractivity contribution is 0.788. The highest BCUT2D eigenvalue weighted by Gasteiger charge is 2.21. The van der Waals surface area contributed by atoms with Gasteiger partial charge in [-0.15, -0.1) is 10.2 Å². The molecular weight excluding hydrogens is 186 g/mol. The third-order valence-corrected chi connectivity index (χ3v) is 3.09. The first-order chi connectivity index (χ1) is 6.25. The van der Waals surface area contributed by atoms with Crippen molar-refractivity contribution in [3.05, 3.63) is 16.0 Å². The summed E-state index contributed by atoms with van der Waals surface area (Å²) < 4.78 is 0. The Labute approximate surface area is 80.2 Å². The van der Waals surface area contributed by atoms with E-state index in [2.05, 4.69) is 15.2 Å². The first-order valence-electron chi connectivity index (χ1n) is 4.32. The lowest BCUT2D eigenvalue weighted by Gasteiger charge is -1.97. The lowest BCUT2D eigenvalue weighted by atomic mass is 10.5. The van der Waals surface area contributed by atoms with Crippen molar-refractivity contribution in [2.75, 3.05) is 5.75 Å². The second-order valence-electron chi connectivity index (χ2n) is 3.30. The number of thioether (sulfide) groups is 1. The molecule has 1 heterocycles. The molecule has 1 saturated carbocycles. The van der Waals surface area contributed by atoms with Gasteiger partial charge in [-0.25, -0.2) is 0 Å². The van der Waals surface area contributed by atoms with E-state index in [9.17, 15) is 4.79 Å². The molecule has 0 aromatic carbocycles. The van der Waals surface area contributed by atoms with Crippen LogP contribution in [0, 0.1) is 12.8 Å². The summed E-state index contributed by atoms with van der Waals surface area (Å²) in [6.07, 6.45) is 2.63. The Bertz CT molecular complexity index is 359.